The molecule has 1 aliphatic rings. The van der Waals surface area contributed by atoms with E-state index >= 15 is 0 Å². The standard InChI is InChI=1S/C42H46F5N5O3/c1-3-49-20-17-29(18-21-49)19-22-50(26-30-7-9-31(10-8-30)32-11-14-34(15-12-32)42(45,46)47)39(54)28-52-35(16-13-33-5-4-6-37(43)40(33)44)25-38(53)36-27-51(23-24-55-2)48-41(36)52/h4-12,14-15,25,27,29H,3,13,16-24,26,28H2,1-2H3. The molecule has 2 aromatic heterocycles. The number of nitrogens with zero attached hydrogens (tertiary/aromatic N) is 5. The molecule has 0 spiro atoms. The average Bonchev–Trinajstić information content (AvgIpc) is 3.62. The highest BCUT2D eigenvalue weighted by molar-refractivity contribution is 5.80. The van der Waals surface area contributed by atoms with Gasteiger partial charge in [0.25, 0.3) is 0 Å². The molecule has 292 valence electrons. The minimum atomic E-state index is -4.42. The Balaban J connectivity index is 1.28. The quantitative estimate of drug-likeness (QED) is 0.102. The number of piperidine rings is 1. The average molecular weight is 764 g/mol. The van der Waals surface area contributed by atoms with E-state index in [1.807, 2.05) is 24.3 Å². The maximum atomic E-state index is 14.7. The number of alkyl halides is 3. The molecule has 0 atom stereocenters. The molecule has 0 saturated carbocycles. The van der Waals surface area contributed by atoms with Crippen LogP contribution < -0.4 is 5.43 Å². The van der Waals surface area contributed by atoms with Crippen LogP contribution in [0.4, 0.5) is 22.0 Å². The van der Waals surface area contributed by atoms with Gasteiger partial charge in [-0.15, -0.1) is 0 Å². The van der Waals surface area contributed by atoms with Gasteiger partial charge in [-0.3, -0.25) is 14.3 Å². The summed E-state index contributed by atoms with van der Waals surface area (Å²) in [6.07, 6.45) is 0.353. The highest BCUT2D eigenvalue weighted by Crippen LogP contribution is 2.31. The molecule has 13 heteroatoms. The van der Waals surface area contributed by atoms with Crippen molar-refractivity contribution in [3.8, 4) is 11.1 Å². The molecule has 0 unspecified atom stereocenters. The number of amides is 1. The third kappa shape index (κ3) is 9.87. The van der Waals surface area contributed by atoms with Crippen LogP contribution >= 0.6 is 0 Å². The van der Waals surface area contributed by atoms with Gasteiger partial charge < -0.3 is 19.1 Å². The predicted octanol–water partition coefficient (Wildman–Crippen LogP) is 7.74. The molecule has 3 aromatic carbocycles. The number of aryl methyl sites for hydroxylation is 2. The van der Waals surface area contributed by atoms with E-state index in [-0.39, 0.29) is 42.8 Å². The van der Waals surface area contributed by atoms with Crippen LogP contribution in [-0.4, -0.2) is 70.0 Å². The van der Waals surface area contributed by atoms with Crippen LogP contribution in [0, 0.1) is 17.6 Å². The van der Waals surface area contributed by atoms with Gasteiger partial charge in [0.2, 0.25) is 5.91 Å². The topological polar surface area (TPSA) is 72.6 Å². The van der Waals surface area contributed by atoms with Crippen molar-refractivity contribution in [3.05, 3.63) is 123 Å². The van der Waals surface area contributed by atoms with Crippen molar-refractivity contribution in [2.45, 2.75) is 64.8 Å². The Morgan fingerprint density at radius 3 is 2.31 bits per heavy atom. The van der Waals surface area contributed by atoms with Crippen molar-refractivity contribution in [3.63, 3.8) is 0 Å². The molecular formula is C42H46F5N5O3. The summed E-state index contributed by atoms with van der Waals surface area (Å²) in [7, 11) is 1.56. The Hall–Kier alpha value is -4.88. The van der Waals surface area contributed by atoms with E-state index < -0.39 is 23.4 Å². The van der Waals surface area contributed by atoms with Gasteiger partial charge in [-0.05, 0) is 98.1 Å². The molecule has 5 aromatic rings. The molecule has 0 radical (unpaired) electrons. The minimum absolute atomic E-state index is 0.0958. The van der Waals surface area contributed by atoms with Gasteiger partial charge >= 0.3 is 6.18 Å². The maximum absolute atomic E-state index is 14.7. The Labute approximate surface area is 317 Å². The zero-order chi connectivity index (χ0) is 39.1. The van der Waals surface area contributed by atoms with Crippen LogP contribution in [0.15, 0.2) is 83.8 Å². The van der Waals surface area contributed by atoms with Crippen molar-refractivity contribution >= 4 is 16.9 Å². The highest BCUT2D eigenvalue weighted by atomic mass is 19.4. The SMILES string of the molecule is CCN1CCC(CCN(Cc2ccc(-c3ccc(C(F)(F)F)cc3)cc2)C(=O)Cn2c(CCc3cccc(F)c3F)cc(=O)c3cn(CCOC)nc32)CC1. The van der Waals surface area contributed by atoms with Crippen molar-refractivity contribution in [1.29, 1.82) is 0 Å². The van der Waals surface area contributed by atoms with E-state index in [2.05, 4.69) is 16.9 Å². The van der Waals surface area contributed by atoms with Gasteiger partial charge in [-0.25, -0.2) is 8.78 Å². The Kier molecular flexibility index (Phi) is 12.8. The summed E-state index contributed by atoms with van der Waals surface area (Å²) in [5.74, 6) is -1.65. The smallest absolute Gasteiger partial charge is 0.383 e. The van der Waals surface area contributed by atoms with Crippen LogP contribution in [0.1, 0.15) is 48.6 Å². The van der Waals surface area contributed by atoms with E-state index in [1.54, 1.807) is 27.5 Å². The summed E-state index contributed by atoms with van der Waals surface area (Å²) in [5.41, 5.74) is 2.18. The molecule has 1 fully saturated rings. The number of pyridine rings is 1. The molecule has 8 nitrogen and oxygen atoms in total. The fourth-order valence-electron chi connectivity index (χ4n) is 7.25. The molecule has 0 aliphatic carbocycles. The number of hydrogen-bond donors (Lipinski definition) is 0. The lowest BCUT2D eigenvalue weighted by molar-refractivity contribution is -0.137. The second-order valence-corrected chi connectivity index (χ2v) is 14.2. The number of rotatable bonds is 15. The van der Waals surface area contributed by atoms with Crippen LogP contribution in [0.3, 0.4) is 0 Å². The number of fused-ring (bicyclic) bond motifs is 1. The van der Waals surface area contributed by atoms with Gasteiger partial charge in [0.1, 0.15) is 6.54 Å². The van der Waals surface area contributed by atoms with Crippen LogP contribution in [0.25, 0.3) is 22.2 Å². The highest BCUT2D eigenvalue weighted by Gasteiger charge is 2.30. The second-order valence-electron chi connectivity index (χ2n) is 14.2. The summed E-state index contributed by atoms with van der Waals surface area (Å²) in [5, 5.41) is 5.01. The van der Waals surface area contributed by atoms with Gasteiger partial charge in [0.05, 0.1) is 24.1 Å². The van der Waals surface area contributed by atoms with Crippen molar-refractivity contribution in [1.82, 2.24) is 24.1 Å². The summed E-state index contributed by atoms with van der Waals surface area (Å²) >= 11 is 0. The number of likely N-dealkylation sites (tertiary alicyclic amines) is 1. The van der Waals surface area contributed by atoms with E-state index in [1.165, 1.54) is 30.3 Å². The summed E-state index contributed by atoms with van der Waals surface area (Å²) in [6, 6.07) is 17.9. The first kappa shape index (κ1) is 39.8. The molecule has 6 rings (SSSR count). The third-order valence-corrected chi connectivity index (χ3v) is 10.6. The molecule has 0 N–H and O–H groups in total. The van der Waals surface area contributed by atoms with E-state index in [4.69, 9.17) is 4.74 Å². The molecule has 1 saturated heterocycles. The zero-order valence-electron chi connectivity index (χ0n) is 31.1. The largest absolute Gasteiger partial charge is 0.416 e. The Morgan fingerprint density at radius 2 is 1.65 bits per heavy atom. The number of ether oxygens (including phenoxy) is 1. The number of aromatic nitrogens is 3. The van der Waals surface area contributed by atoms with Gasteiger partial charge in [0, 0.05) is 38.2 Å². The maximum Gasteiger partial charge on any atom is 0.416 e. The first-order valence-corrected chi connectivity index (χ1v) is 18.7. The van der Waals surface area contributed by atoms with Gasteiger partial charge in [-0.1, -0.05) is 55.5 Å². The zero-order valence-corrected chi connectivity index (χ0v) is 31.1. The monoisotopic (exact) mass is 763 g/mol. The summed E-state index contributed by atoms with van der Waals surface area (Å²) < 4.78 is 76.6. The lowest BCUT2D eigenvalue weighted by Crippen LogP contribution is -2.38. The van der Waals surface area contributed by atoms with Gasteiger partial charge in [0.15, 0.2) is 22.7 Å². The number of halogens is 5. The Morgan fingerprint density at radius 1 is 0.964 bits per heavy atom. The van der Waals surface area contributed by atoms with E-state index in [9.17, 15) is 31.5 Å². The summed E-state index contributed by atoms with van der Waals surface area (Å²) in [6.45, 7) is 6.55. The number of carbonyl (C=O) groups excluding carboxylic acids is 1. The van der Waals surface area contributed by atoms with Crippen molar-refractivity contribution in [2.75, 3.05) is 39.9 Å². The number of methoxy groups -OCH3 is 1. The molecule has 0 bridgehead atoms. The lowest BCUT2D eigenvalue weighted by atomic mass is 9.93. The van der Waals surface area contributed by atoms with Crippen LogP contribution in [0.2, 0.25) is 0 Å². The van der Waals surface area contributed by atoms with Crippen molar-refractivity contribution in [2.24, 2.45) is 5.92 Å². The second kappa shape index (κ2) is 17.7. The van der Waals surface area contributed by atoms with Crippen LogP contribution in [0.5, 0.6) is 0 Å². The van der Waals surface area contributed by atoms with E-state index in [0.29, 0.717) is 47.9 Å². The first-order chi connectivity index (χ1) is 26.4. The fourth-order valence-corrected chi connectivity index (χ4v) is 7.25. The van der Waals surface area contributed by atoms with E-state index in [0.717, 1.165) is 68.2 Å². The normalized spacial score (nSPS) is 14.2. The van der Waals surface area contributed by atoms with Gasteiger partial charge in [-0.2, -0.15) is 18.3 Å². The predicted molar refractivity (Wildman–Crippen MR) is 201 cm³/mol. The van der Waals surface area contributed by atoms with Crippen LogP contribution in [-0.2, 0) is 48.2 Å². The number of carbonyl (C=O) groups is 1. The molecule has 1 amide bonds. The molecular weight excluding hydrogens is 717 g/mol. The lowest BCUT2D eigenvalue weighted by Gasteiger charge is -2.32. The minimum Gasteiger partial charge on any atom is -0.383 e. The third-order valence-electron chi connectivity index (χ3n) is 10.6. The molecule has 55 heavy (non-hydrogen) atoms. The number of benzene rings is 3. The molecule has 3 heterocycles. The summed E-state index contributed by atoms with van der Waals surface area (Å²) in [4.78, 5) is 32.1. The fraction of sp³-hybridized carbons (Fsp3) is 0.405. The van der Waals surface area contributed by atoms with Crippen molar-refractivity contribution < 1.29 is 31.5 Å². The Bertz CT molecular complexity index is 2120. The first-order valence-electron chi connectivity index (χ1n) is 18.7. The number of hydrogen-bond acceptors (Lipinski definition) is 5. The molecule has 1 aliphatic heterocycles.